The molecule has 23 heavy (non-hydrogen) atoms. The van der Waals surface area contributed by atoms with E-state index in [0.29, 0.717) is 12.2 Å². The van der Waals surface area contributed by atoms with Crippen LogP contribution in [0.2, 0.25) is 5.02 Å². The third-order valence-electron chi connectivity index (χ3n) is 4.03. The first-order chi connectivity index (χ1) is 11.2. The molecule has 0 bridgehead atoms. The second-order valence-electron chi connectivity index (χ2n) is 5.76. The van der Waals surface area contributed by atoms with Crippen LogP contribution in [0.25, 0.3) is 0 Å². The van der Waals surface area contributed by atoms with Crippen molar-refractivity contribution < 1.29 is 4.79 Å². The Morgan fingerprint density at radius 2 is 1.87 bits per heavy atom. The van der Waals surface area contributed by atoms with Gasteiger partial charge in [0.2, 0.25) is 0 Å². The minimum Gasteiger partial charge on any atom is -0.381 e. The Kier molecular flexibility index (Phi) is 5.13. The van der Waals surface area contributed by atoms with E-state index in [2.05, 4.69) is 10.3 Å². The van der Waals surface area contributed by atoms with Gasteiger partial charge in [-0.25, -0.2) is 0 Å². The fourth-order valence-electron chi connectivity index (χ4n) is 2.72. The summed E-state index contributed by atoms with van der Waals surface area (Å²) in [6.07, 6.45) is 5.06. The number of carbonyl (C=O) groups excluding carboxylic acids is 1. The Morgan fingerprint density at radius 1 is 1.13 bits per heavy atom. The molecule has 0 saturated carbocycles. The van der Waals surface area contributed by atoms with Crippen LogP contribution in [-0.2, 0) is 6.54 Å². The van der Waals surface area contributed by atoms with Gasteiger partial charge in [0.25, 0.3) is 5.91 Å². The smallest absolute Gasteiger partial charge is 0.272 e. The maximum absolute atomic E-state index is 12.5. The largest absolute Gasteiger partial charge is 0.381 e. The number of piperidine rings is 1. The molecule has 0 atom stereocenters. The van der Waals surface area contributed by atoms with Gasteiger partial charge in [-0.3, -0.25) is 9.78 Å². The van der Waals surface area contributed by atoms with Gasteiger partial charge in [0.15, 0.2) is 0 Å². The van der Waals surface area contributed by atoms with Crippen molar-refractivity contribution >= 4 is 23.2 Å². The summed E-state index contributed by atoms with van der Waals surface area (Å²) < 4.78 is 0. The molecule has 0 radical (unpaired) electrons. The lowest BCUT2D eigenvalue weighted by molar-refractivity contribution is 0.0718. The van der Waals surface area contributed by atoms with Crippen molar-refractivity contribution in [1.29, 1.82) is 0 Å². The van der Waals surface area contributed by atoms with Crippen LogP contribution in [0.1, 0.15) is 35.3 Å². The summed E-state index contributed by atoms with van der Waals surface area (Å²) in [5.74, 6) is 0.0276. The SMILES string of the molecule is O=C(c1cc(NCc2ccc(Cl)cc2)ccn1)N1CCCCC1. The summed E-state index contributed by atoms with van der Waals surface area (Å²) >= 11 is 5.89. The summed E-state index contributed by atoms with van der Waals surface area (Å²) in [5.41, 5.74) is 2.54. The zero-order chi connectivity index (χ0) is 16.1. The lowest BCUT2D eigenvalue weighted by atomic mass is 10.1. The number of carbonyl (C=O) groups is 1. The highest BCUT2D eigenvalue weighted by molar-refractivity contribution is 6.30. The van der Waals surface area contributed by atoms with Crippen molar-refractivity contribution in [3.8, 4) is 0 Å². The Bertz CT molecular complexity index is 666. The van der Waals surface area contributed by atoms with Gasteiger partial charge in [0.05, 0.1) is 0 Å². The number of nitrogens with zero attached hydrogens (tertiary/aromatic N) is 2. The van der Waals surface area contributed by atoms with Gasteiger partial charge < -0.3 is 10.2 Å². The average molecular weight is 330 g/mol. The van der Waals surface area contributed by atoms with Crippen molar-refractivity contribution in [3.05, 3.63) is 58.9 Å². The zero-order valence-electron chi connectivity index (χ0n) is 13.0. The molecule has 1 saturated heterocycles. The number of hydrogen-bond donors (Lipinski definition) is 1. The number of amides is 1. The monoisotopic (exact) mass is 329 g/mol. The van der Waals surface area contributed by atoms with Gasteiger partial charge in [-0.2, -0.15) is 0 Å². The van der Waals surface area contributed by atoms with Crippen LogP contribution in [0.3, 0.4) is 0 Å². The lowest BCUT2D eigenvalue weighted by Gasteiger charge is -2.26. The van der Waals surface area contributed by atoms with Crippen LogP contribution in [0.4, 0.5) is 5.69 Å². The van der Waals surface area contributed by atoms with Crippen LogP contribution < -0.4 is 5.32 Å². The molecule has 1 fully saturated rings. The van der Waals surface area contributed by atoms with Crippen LogP contribution in [0.15, 0.2) is 42.6 Å². The quantitative estimate of drug-likeness (QED) is 0.923. The Balaban J connectivity index is 1.64. The summed E-state index contributed by atoms with van der Waals surface area (Å²) in [6.45, 7) is 2.35. The summed E-state index contributed by atoms with van der Waals surface area (Å²) in [4.78, 5) is 18.6. The molecule has 5 heteroatoms. The third-order valence-corrected chi connectivity index (χ3v) is 4.28. The van der Waals surface area contributed by atoms with E-state index in [1.807, 2.05) is 41.3 Å². The van der Waals surface area contributed by atoms with E-state index in [1.165, 1.54) is 6.42 Å². The van der Waals surface area contributed by atoms with E-state index < -0.39 is 0 Å². The first kappa shape index (κ1) is 15.8. The number of rotatable bonds is 4. The van der Waals surface area contributed by atoms with Crippen molar-refractivity contribution in [2.24, 2.45) is 0 Å². The van der Waals surface area contributed by atoms with Crippen molar-refractivity contribution in [3.63, 3.8) is 0 Å². The third kappa shape index (κ3) is 4.23. The van der Waals surface area contributed by atoms with E-state index in [9.17, 15) is 4.79 Å². The van der Waals surface area contributed by atoms with E-state index >= 15 is 0 Å². The summed E-state index contributed by atoms with van der Waals surface area (Å²) in [5, 5.41) is 4.05. The number of benzene rings is 1. The number of aromatic nitrogens is 1. The van der Waals surface area contributed by atoms with Gasteiger partial charge in [-0.15, -0.1) is 0 Å². The number of hydrogen-bond acceptors (Lipinski definition) is 3. The van der Waals surface area contributed by atoms with Gasteiger partial charge in [0, 0.05) is 36.5 Å². The molecule has 1 aromatic carbocycles. The Labute approximate surface area is 141 Å². The van der Waals surface area contributed by atoms with Gasteiger partial charge >= 0.3 is 0 Å². The maximum Gasteiger partial charge on any atom is 0.272 e. The van der Waals surface area contributed by atoms with Gasteiger partial charge in [-0.1, -0.05) is 23.7 Å². The molecule has 0 unspecified atom stereocenters. The zero-order valence-corrected chi connectivity index (χ0v) is 13.7. The number of pyridine rings is 1. The van der Waals surface area contributed by atoms with Crippen molar-refractivity contribution in [2.45, 2.75) is 25.8 Å². The molecule has 4 nitrogen and oxygen atoms in total. The lowest BCUT2D eigenvalue weighted by Crippen LogP contribution is -2.36. The van der Waals surface area contributed by atoms with E-state index in [1.54, 1.807) is 6.20 Å². The molecule has 0 spiro atoms. The van der Waals surface area contributed by atoms with E-state index in [-0.39, 0.29) is 5.91 Å². The van der Waals surface area contributed by atoms with Crippen molar-refractivity contribution in [1.82, 2.24) is 9.88 Å². The van der Waals surface area contributed by atoms with Crippen LogP contribution in [0, 0.1) is 0 Å². The maximum atomic E-state index is 12.5. The highest BCUT2D eigenvalue weighted by Crippen LogP contribution is 2.16. The molecule has 1 aromatic heterocycles. The fourth-order valence-corrected chi connectivity index (χ4v) is 2.85. The number of likely N-dealkylation sites (tertiary alicyclic amines) is 1. The summed E-state index contributed by atoms with van der Waals surface area (Å²) in [7, 11) is 0. The van der Waals surface area contributed by atoms with Gasteiger partial charge in [0.1, 0.15) is 5.69 Å². The van der Waals surface area contributed by atoms with Crippen molar-refractivity contribution in [2.75, 3.05) is 18.4 Å². The molecule has 1 amide bonds. The molecule has 0 aliphatic carbocycles. The number of anilines is 1. The molecule has 1 N–H and O–H groups in total. The predicted molar refractivity (Wildman–Crippen MR) is 92.8 cm³/mol. The molecule has 1 aliphatic heterocycles. The highest BCUT2D eigenvalue weighted by Gasteiger charge is 2.19. The normalized spacial score (nSPS) is 14.6. The minimum atomic E-state index is 0.0276. The van der Waals surface area contributed by atoms with Crippen LogP contribution in [0.5, 0.6) is 0 Å². The van der Waals surface area contributed by atoms with Gasteiger partial charge in [-0.05, 0) is 49.1 Å². The molecule has 2 aromatic rings. The highest BCUT2D eigenvalue weighted by atomic mass is 35.5. The second-order valence-corrected chi connectivity index (χ2v) is 6.20. The summed E-state index contributed by atoms with van der Waals surface area (Å²) in [6, 6.07) is 11.4. The Morgan fingerprint density at radius 3 is 2.61 bits per heavy atom. The number of nitrogens with one attached hydrogen (secondary N) is 1. The average Bonchev–Trinajstić information content (AvgIpc) is 2.61. The molecule has 2 heterocycles. The topological polar surface area (TPSA) is 45.2 Å². The molecule has 120 valence electrons. The molecule has 1 aliphatic rings. The second kappa shape index (κ2) is 7.47. The Hall–Kier alpha value is -2.07. The number of halogens is 1. The molecule has 3 rings (SSSR count). The fraction of sp³-hybridized carbons (Fsp3) is 0.333. The minimum absolute atomic E-state index is 0.0276. The molecular weight excluding hydrogens is 310 g/mol. The molecular formula is C18H20ClN3O. The standard InChI is InChI=1S/C18H20ClN3O/c19-15-6-4-14(5-7-15)13-21-16-8-9-20-17(12-16)18(23)22-10-2-1-3-11-22/h4-9,12H,1-3,10-11,13H2,(H,20,21). The van der Waals surface area contributed by atoms with E-state index in [0.717, 1.165) is 42.2 Å². The predicted octanol–water partition coefficient (Wildman–Crippen LogP) is 3.97. The van der Waals surface area contributed by atoms with Crippen LogP contribution in [-0.4, -0.2) is 28.9 Å². The first-order valence-corrected chi connectivity index (χ1v) is 8.34. The van der Waals surface area contributed by atoms with E-state index in [4.69, 9.17) is 11.6 Å². The van der Waals surface area contributed by atoms with Crippen LogP contribution >= 0.6 is 11.6 Å². The first-order valence-electron chi connectivity index (χ1n) is 7.96.